The second-order valence-corrected chi connectivity index (χ2v) is 5.13. The van der Waals surface area contributed by atoms with Crippen molar-refractivity contribution in [3.05, 3.63) is 59.2 Å². The van der Waals surface area contributed by atoms with Crippen LogP contribution in [0.3, 0.4) is 0 Å². The standard InChI is InChI=1S/C17H19NO2/c1-19-15-4-2-3-12(9-15)10-16(18)13-5-6-17-14(11-13)7-8-20-17/h2-6,9,11,16H,7-8,10,18H2,1H3. The van der Waals surface area contributed by atoms with Crippen LogP contribution in [0.15, 0.2) is 42.5 Å². The molecule has 0 radical (unpaired) electrons. The lowest BCUT2D eigenvalue weighted by molar-refractivity contribution is 0.357. The van der Waals surface area contributed by atoms with E-state index in [9.17, 15) is 0 Å². The topological polar surface area (TPSA) is 44.5 Å². The van der Waals surface area contributed by atoms with Crippen molar-refractivity contribution in [1.82, 2.24) is 0 Å². The Morgan fingerprint density at radius 2 is 2.15 bits per heavy atom. The van der Waals surface area contributed by atoms with Gasteiger partial charge in [0.2, 0.25) is 0 Å². The second-order valence-electron chi connectivity index (χ2n) is 5.13. The van der Waals surface area contributed by atoms with Crippen molar-refractivity contribution in [1.29, 1.82) is 0 Å². The number of rotatable bonds is 4. The Bertz CT molecular complexity index is 610. The van der Waals surface area contributed by atoms with Gasteiger partial charge in [-0.3, -0.25) is 0 Å². The summed E-state index contributed by atoms with van der Waals surface area (Å²) in [5, 5.41) is 0. The van der Waals surface area contributed by atoms with Crippen molar-refractivity contribution in [2.75, 3.05) is 13.7 Å². The first-order valence-corrected chi connectivity index (χ1v) is 6.90. The Labute approximate surface area is 119 Å². The highest BCUT2D eigenvalue weighted by molar-refractivity contribution is 5.41. The van der Waals surface area contributed by atoms with Gasteiger partial charge in [0.25, 0.3) is 0 Å². The van der Waals surface area contributed by atoms with Gasteiger partial charge in [-0.2, -0.15) is 0 Å². The van der Waals surface area contributed by atoms with Crippen LogP contribution in [0.25, 0.3) is 0 Å². The van der Waals surface area contributed by atoms with E-state index in [1.54, 1.807) is 7.11 Å². The molecular weight excluding hydrogens is 250 g/mol. The predicted molar refractivity (Wildman–Crippen MR) is 79.3 cm³/mol. The number of methoxy groups -OCH3 is 1. The Kier molecular flexibility index (Phi) is 3.61. The third-order valence-electron chi connectivity index (χ3n) is 3.73. The summed E-state index contributed by atoms with van der Waals surface area (Å²) >= 11 is 0. The third-order valence-corrected chi connectivity index (χ3v) is 3.73. The summed E-state index contributed by atoms with van der Waals surface area (Å²) in [6.45, 7) is 0.782. The monoisotopic (exact) mass is 269 g/mol. The normalized spacial score (nSPS) is 14.5. The summed E-state index contributed by atoms with van der Waals surface area (Å²) in [7, 11) is 1.68. The van der Waals surface area contributed by atoms with Gasteiger partial charge in [-0.05, 0) is 41.3 Å². The Hall–Kier alpha value is -2.00. The molecule has 0 aromatic heterocycles. The fourth-order valence-electron chi connectivity index (χ4n) is 2.61. The predicted octanol–water partition coefficient (Wildman–Crippen LogP) is 2.87. The molecule has 3 rings (SSSR count). The highest BCUT2D eigenvalue weighted by Crippen LogP contribution is 2.28. The molecule has 0 saturated carbocycles. The van der Waals surface area contributed by atoms with E-state index in [0.29, 0.717) is 0 Å². The van der Waals surface area contributed by atoms with Crippen LogP contribution in [0.2, 0.25) is 0 Å². The fraction of sp³-hybridized carbons (Fsp3) is 0.294. The van der Waals surface area contributed by atoms with Gasteiger partial charge in [0.15, 0.2) is 0 Å². The van der Waals surface area contributed by atoms with Gasteiger partial charge < -0.3 is 15.2 Å². The molecule has 3 nitrogen and oxygen atoms in total. The molecule has 1 atom stereocenters. The lowest BCUT2D eigenvalue weighted by atomic mass is 9.97. The maximum absolute atomic E-state index is 6.33. The lowest BCUT2D eigenvalue weighted by Crippen LogP contribution is -2.13. The largest absolute Gasteiger partial charge is 0.497 e. The van der Waals surface area contributed by atoms with Crippen molar-refractivity contribution in [3.8, 4) is 11.5 Å². The lowest BCUT2D eigenvalue weighted by Gasteiger charge is -2.14. The first-order chi connectivity index (χ1) is 9.76. The van der Waals surface area contributed by atoms with E-state index < -0.39 is 0 Å². The summed E-state index contributed by atoms with van der Waals surface area (Å²) in [6.07, 6.45) is 1.78. The van der Waals surface area contributed by atoms with Crippen molar-refractivity contribution < 1.29 is 9.47 Å². The highest BCUT2D eigenvalue weighted by Gasteiger charge is 2.15. The van der Waals surface area contributed by atoms with E-state index in [2.05, 4.69) is 18.2 Å². The number of hydrogen-bond acceptors (Lipinski definition) is 3. The van der Waals surface area contributed by atoms with Crippen molar-refractivity contribution in [2.45, 2.75) is 18.9 Å². The number of fused-ring (bicyclic) bond motifs is 1. The summed E-state index contributed by atoms with van der Waals surface area (Å²) in [4.78, 5) is 0. The molecule has 1 aliphatic heterocycles. The van der Waals surface area contributed by atoms with E-state index in [1.807, 2.05) is 24.3 Å². The minimum atomic E-state index is -0.00648. The Morgan fingerprint density at radius 3 is 3.00 bits per heavy atom. The van der Waals surface area contributed by atoms with Gasteiger partial charge in [0, 0.05) is 12.5 Å². The minimum Gasteiger partial charge on any atom is -0.497 e. The molecule has 2 aromatic carbocycles. The summed E-state index contributed by atoms with van der Waals surface area (Å²) < 4.78 is 10.8. The summed E-state index contributed by atoms with van der Waals surface area (Å²) in [6, 6.07) is 14.3. The Morgan fingerprint density at radius 1 is 1.25 bits per heavy atom. The van der Waals surface area contributed by atoms with Gasteiger partial charge in [-0.15, -0.1) is 0 Å². The van der Waals surface area contributed by atoms with E-state index in [0.717, 1.165) is 36.5 Å². The molecule has 104 valence electrons. The number of hydrogen-bond donors (Lipinski definition) is 1. The molecule has 1 aliphatic rings. The molecule has 2 N–H and O–H groups in total. The van der Waals surface area contributed by atoms with Crippen molar-refractivity contribution >= 4 is 0 Å². The molecule has 0 saturated heterocycles. The average Bonchev–Trinajstić information content (AvgIpc) is 2.94. The first kappa shape index (κ1) is 13.0. The Balaban J connectivity index is 1.77. The minimum absolute atomic E-state index is 0.00648. The zero-order valence-electron chi connectivity index (χ0n) is 11.6. The smallest absolute Gasteiger partial charge is 0.122 e. The molecule has 0 aliphatic carbocycles. The highest BCUT2D eigenvalue weighted by atomic mass is 16.5. The molecular formula is C17H19NO2. The zero-order chi connectivity index (χ0) is 13.9. The second kappa shape index (κ2) is 5.55. The van der Waals surface area contributed by atoms with Gasteiger partial charge in [0.05, 0.1) is 13.7 Å². The van der Waals surface area contributed by atoms with E-state index in [4.69, 9.17) is 15.2 Å². The maximum atomic E-state index is 6.33. The fourth-order valence-corrected chi connectivity index (χ4v) is 2.61. The van der Waals surface area contributed by atoms with Crippen LogP contribution >= 0.6 is 0 Å². The van der Waals surface area contributed by atoms with Crippen LogP contribution in [-0.2, 0) is 12.8 Å². The summed E-state index contributed by atoms with van der Waals surface area (Å²) in [5.41, 5.74) is 9.95. The molecule has 3 heteroatoms. The van der Waals surface area contributed by atoms with Gasteiger partial charge in [-0.25, -0.2) is 0 Å². The van der Waals surface area contributed by atoms with Gasteiger partial charge >= 0.3 is 0 Å². The van der Waals surface area contributed by atoms with E-state index in [-0.39, 0.29) is 6.04 Å². The van der Waals surface area contributed by atoms with Crippen LogP contribution in [0, 0.1) is 0 Å². The van der Waals surface area contributed by atoms with Crippen LogP contribution in [0.4, 0.5) is 0 Å². The van der Waals surface area contributed by atoms with Crippen LogP contribution in [-0.4, -0.2) is 13.7 Å². The molecule has 0 fully saturated rings. The van der Waals surface area contributed by atoms with Crippen molar-refractivity contribution in [2.24, 2.45) is 5.73 Å². The van der Waals surface area contributed by atoms with Crippen LogP contribution in [0.5, 0.6) is 11.5 Å². The van der Waals surface area contributed by atoms with Gasteiger partial charge in [0.1, 0.15) is 11.5 Å². The molecule has 0 bridgehead atoms. The van der Waals surface area contributed by atoms with Gasteiger partial charge in [-0.1, -0.05) is 24.3 Å². The SMILES string of the molecule is COc1cccc(CC(N)c2ccc3c(c2)CCO3)c1. The molecule has 20 heavy (non-hydrogen) atoms. The quantitative estimate of drug-likeness (QED) is 0.928. The maximum Gasteiger partial charge on any atom is 0.122 e. The van der Waals surface area contributed by atoms with Crippen LogP contribution < -0.4 is 15.2 Å². The molecule has 2 aromatic rings. The zero-order valence-corrected chi connectivity index (χ0v) is 11.6. The number of benzene rings is 2. The average molecular weight is 269 g/mol. The van der Waals surface area contributed by atoms with Crippen LogP contribution in [0.1, 0.15) is 22.7 Å². The third kappa shape index (κ3) is 2.63. The molecule has 1 unspecified atom stereocenters. The summed E-state index contributed by atoms with van der Waals surface area (Å²) in [5.74, 6) is 1.87. The molecule has 0 amide bonds. The first-order valence-electron chi connectivity index (χ1n) is 6.90. The molecule has 1 heterocycles. The van der Waals surface area contributed by atoms with E-state index in [1.165, 1.54) is 11.1 Å². The van der Waals surface area contributed by atoms with Crippen molar-refractivity contribution in [3.63, 3.8) is 0 Å². The number of nitrogens with two attached hydrogens (primary N) is 1. The van der Waals surface area contributed by atoms with E-state index >= 15 is 0 Å². The molecule has 0 spiro atoms. The number of ether oxygens (including phenoxy) is 2.